The van der Waals surface area contributed by atoms with Crippen LogP contribution in [0.5, 0.6) is 0 Å². The molecule has 0 radical (unpaired) electrons. The normalized spacial score (nSPS) is 16.2. The lowest BCUT2D eigenvalue weighted by Gasteiger charge is -2.32. The molecule has 31 heavy (non-hydrogen) atoms. The zero-order valence-electron chi connectivity index (χ0n) is 16.8. The van der Waals surface area contributed by atoms with Gasteiger partial charge in [0.2, 0.25) is 5.91 Å². The van der Waals surface area contributed by atoms with Crippen molar-refractivity contribution in [3.8, 4) is 0 Å². The summed E-state index contributed by atoms with van der Waals surface area (Å²) in [5, 5.41) is 7.29. The van der Waals surface area contributed by atoms with Crippen LogP contribution in [0, 0.1) is 11.7 Å². The van der Waals surface area contributed by atoms with Crippen molar-refractivity contribution >= 4 is 33.6 Å². The van der Waals surface area contributed by atoms with Gasteiger partial charge >= 0.3 is 0 Å². The zero-order valence-corrected chi connectivity index (χ0v) is 18.4. The van der Waals surface area contributed by atoms with Gasteiger partial charge in [-0.3, -0.25) is 9.59 Å². The summed E-state index contributed by atoms with van der Waals surface area (Å²) in [5.74, 6) is -0.402. The molecule has 1 fully saturated rings. The summed E-state index contributed by atoms with van der Waals surface area (Å²) in [5.41, 5.74) is 1.48. The number of hydrogen-bond acceptors (Lipinski definition) is 3. The molecule has 2 amide bonds. The van der Waals surface area contributed by atoms with Crippen LogP contribution in [0.15, 0.2) is 65.3 Å². The number of carbonyl (C=O) groups is 2. The summed E-state index contributed by atoms with van der Waals surface area (Å²) < 4.78 is 15.9. The number of carbonyl (C=O) groups excluding carboxylic acids is 2. The molecule has 1 aromatic heterocycles. The van der Waals surface area contributed by atoms with Crippen molar-refractivity contribution in [2.75, 3.05) is 18.4 Å². The monoisotopic (exact) mass is 484 g/mol. The van der Waals surface area contributed by atoms with Crippen molar-refractivity contribution in [2.24, 2.45) is 5.92 Å². The zero-order chi connectivity index (χ0) is 21.8. The Balaban J connectivity index is 1.41. The molecule has 2 heterocycles. The van der Waals surface area contributed by atoms with Crippen LogP contribution in [0.25, 0.3) is 0 Å². The third-order valence-corrected chi connectivity index (χ3v) is 6.19. The molecule has 0 bridgehead atoms. The molecular weight excluding hydrogens is 463 g/mol. The molecule has 4 rings (SSSR count). The number of anilines is 1. The third kappa shape index (κ3) is 5.02. The molecule has 0 spiro atoms. The van der Waals surface area contributed by atoms with Crippen LogP contribution in [0.3, 0.4) is 0 Å². The highest BCUT2D eigenvalue weighted by Gasteiger charge is 2.29. The van der Waals surface area contributed by atoms with Gasteiger partial charge in [0.1, 0.15) is 11.6 Å². The Labute approximate surface area is 188 Å². The highest BCUT2D eigenvalue weighted by atomic mass is 79.9. The number of nitrogens with zero attached hydrogens (tertiary/aromatic N) is 3. The average Bonchev–Trinajstić information content (AvgIpc) is 3.22. The van der Waals surface area contributed by atoms with Gasteiger partial charge in [-0.15, -0.1) is 0 Å². The van der Waals surface area contributed by atoms with E-state index < -0.39 is 0 Å². The van der Waals surface area contributed by atoms with E-state index in [2.05, 4.69) is 26.3 Å². The number of benzene rings is 2. The molecule has 8 heteroatoms. The molecule has 1 N–H and O–H groups in total. The van der Waals surface area contributed by atoms with E-state index in [9.17, 15) is 14.0 Å². The van der Waals surface area contributed by atoms with Gasteiger partial charge in [-0.2, -0.15) is 5.10 Å². The fourth-order valence-corrected chi connectivity index (χ4v) is 4.14. The number of piperidine rings is 1. The number of rotatable bonds is 5. The molecule has 0 unspecified atom stereocenters. The SMILES string of the molecule is O=C(Nc1ccnn1Cc1ccccc1Br)[C@H]1CCCN(C(=O)c2ccc(F)cc2)C1. The predicted molar refractivity (Wildman–Crippen MR) is 119 cm³/mol. The van der Waals surface area contributed by atoms with E-state index in [1.165, 1.54) is 24.3 Å². The first-order valence-corrected chi connectivity index (χ1v) is 10.9. The van der Waals surface area contributed by atoms with E-state index in [1.54, 1.807) is 21.8 Å². The van der Waals surface area contributed by atoms with Crippen LogP contribution in [-0.4, -0.2) is 39.6 Å². The second-order valence-electron chi connectivity index (χ2n) is 7.55. The number of nitrogens with one attached hydrogen (secondary N) is 1. The topological polar surface area (TPSA) is 67.2 Å². The van der Waals surface area contributed by atoms with Crippen LogP contribution in [0.2, 0.25) is 0 Å². The van der Waals surface area contributed by atoms with Gasteiger partial charge < -0.3 is 10.2 Å². The number of likely N-dealkylation sites (tertiary alicyclic amines) is 1. The summed E-state index contributed by atoms with van der Waals surface area (Å²) in [6, 6.07) is 15.1. The fraction of sp³-hybridized carbons (Fsp3) is 0.261. The maximum atomic E-state index is 13.1. The lowest BCUT2D eigenvalue weighted by molar-refractivity contribution is -0.121. The number of amides is 2. The van der Waals surface area contributed by atoms with Crippen molar-refractivity contribution in [3.63, 3.8) is 0 Å². The van der Waals surface area contributed by atoms with Gasteiger partial charge in [-0.25, -0.2) is 9.07 Å². The molecule has 6 nitrogen and oxygen atoms in total. The molecule has 1 saturated heterocycles. The van der Waals surface area contributed by atoms with Crippen molar-refractivity contribution in [3.05, 3.63) is 82.2 Å². The minimum atomic E-state index is -0.383. The number of aromatic nitrogens is 2. The molecular formula is C23H22BrFN4O2. The van der Waals surface area contributed by atoms with Gasteiger partial charge in [0.15, 0.2) is 0 Å². The molecule has 0 saturated carbocycles. The van der Waals surface area contributed by atoms with Crippen LogP contribution >= 0.6 is 15.9 Å². The van der Waals surface area contributed by atoms with Crippen LogP contribution < -0.4 is 5.32 Å². The Hall–Kier alpha value is -3.00. The standard InChI is InChI=1S/C23H22BrFN4O2/c24-20-6-2-1-4-17(20)15-29-21(11-12-26-29)27-22(30)18-5-3-13-28(14-18)23(31)16-7-9-19(25)10-8-16/h1-2,4,6-12,18H,3,5,13-15H2,(H,27,30)/t18-/m0/s1. The van der Waals surface area contributed by atoms with E-state index in [0.717, 1.165) is 16.5 Å². The molecule has 160 valence electrons. The largest absolute Gasteiger partial charge is 0.338 e. The maximum absolute atomic E-state index is 13.1. The number of halogens is 2. The van der Waals surface area contributed by atoms with E-state index in [1.807, 2.05) is 24.3 Å². The summed E-state index contributed by atoms with van der Waals surface area (Å²) in [7, 11) is 0. The third-order valence-electron chi connectivity index (χ3n) is 5.42. The summed E-state index contributed by atoms with van der Waals surface area (Å²) in [6.07, 6.45) is 3.09. The Kier molecular flexibility index (Phi) is 6.46. The second kappa shape index (κ2) is 9.43. The highest BCUT2D eigenvalue weighted by molar-refractivity contribution is 9.10. The smallest absolute Gasteiger partial charge is 0.253 e. The van der Waals surface area contributed by atoms with Gasteiger partial charge in [0.05, 0.1) is 18.7 Å². The molecule has 2 aromatic carbocycles. The Morgan fingerprint density at radius 3 is 2.68 bits per heavy atom. The molecule has 1 aliphatic rings. The van der Waals surface area contributed by atoms with Gasteiger partial charge in [-0.05, 0) is 48.7 Å². The van der Waals surface area contributed by atoms with Crippen LogP contribution in [0.1, 0.15) is 28.8 Å². The van der Waals surface area contributed by atoms with Gasteiger partial charge in [0.25, 0.3) is 5.91 Å². The van der Waals surface area contributed by atoms with E-state index in [-0.39, 0.29) is 23.5 Å². The van der Waals surface area contributed by atoms with Crippen molar-refractivity contribution in [2.45, 2.75) is 19.4 Å². The number of hydrogen-bond donors (Lipinski definition) is 1. The van der Waals surface area contributed by atoms with Gasteiger partial charge in [-0.1, -0.05) is 34.1 Å². The summed E-state index contributed by atoms with van der Waals surface area (Å²) >= 11 is 3.54. The van der Waals surface area contributed by atoms with Crippen molar-refractivity contribution in [1.82, 2.24) is 14.7 Å². The minimum Gasteiger partial charge on any atom is -0.338 e. The average molecular weight is 485 g/mol. The van der Waals surface area contributed by atoms with Crippen molar-refractivity contribution < 1.29 is 14.0 Å². The predicted octanol–water partition coefficient (Wildman–Crippen LogP) is 4.32. The van der Waals surface area contributed by atoms with Crippen LogP contribution in [0.4, 0.5) is 10.2 Å². The first-order valence-electron chi connectivity index (χ1n) is 10.1. The first-order chi connectivity index (χ1) is 15.0. The van der Waals surface area contributed by atoms with Crippen LogP contribution in [-0.2, 0) is 11.3 Å². The summed E-state index contributed by atoms with van der Waals surface area (Å²) in [4.78, 5) is 27.3. The molecule has 0 aliphatic carbocycles. The van der Waals surface area contributed by atoms with E-state index in [4.69, 9.17) is 0 Å². The maximum Gasteiger partial charge on any atom is 0.253 e. The van der Waals surface area contributed by atoms with E-state index in [0.29, 0.717) is 37.4 Å². The molecule has 3 aromatic rings. The quantitative estimate of drug-likeness (QED) is 0.586. The first kappa shape index (κ1) is 21.2. The van der Waals surface area contributed by atoms with Gasteiger partial charge in [0, 0.05) is 29.2 Å². The second-order valence-corrected chi connectivity index (χ2v) is 8.41. The Bertz CT molecular complexity index is 1080. The van der Waals surface area contributed by atoms with Crippen molar-refractivity contribution in [1.29, 1.82) is 0 Å². The fourth-order valence-electron chi connectivity index (χ4n) is 3.73. The molecule has 1 aliphatic heterocycles. The lowest BCUT2D eigenvalue weighted by Crippen LogP contribution is -2.43. The Morgan fingerprint density at radius 2 is 1.90 bits per heavy atom. The minimum absolute atomic E-state index is 0.134. The lowest BCUT2D eigenvalue weighted by atomic mass is 9.96. The summed E-state index contributed by atoms with van der Waals surface area (Å²) in [6.45, 7) is 1.43. The highest BCUT2D eigenvalue weighted by Crippen LogP contribution is 2.22. The van der Waals surface area contributed by atoms with E-state index >= 15 is 0 Å². The molecule has 1 atom stereocenters. The Morgan fingerprint density at radius 1 is 1.13 bits per heavy atom.